The Morgan fingerprint density at radius 2 is 2.09 bits per heavy atom. The fourth-order valence-corrected chi connectivity index (χ4v) is 1.65. The van der Waals surface area contributed by atoms with Crippen molar-refractivity contribution >= 4 is 17.3 Å². The van der Waals surface area contributed by atoms with E-state index in [0.29, 0.717) is 5.02 Å². The molecule has 0 saturated heterocycles. The lowest BCUT2D eigenvalue weighted by Gasteiger charge is -2.08. The molecule has 6 nitrogen and oxygen atoms in total. The van der Waals surface area contributed by atoms with Gasteiger partial charge >= 0.3 is 6.01 Å². The highest BCUT2D eigenvalue weighted by Gasteiger charge is 2.09. The van der Waals surface area contributed by atoms with Crippen molar-refractivity contribution in [2.45, 2.75) is 6.92 Å². The molecule has 1 aromatic carbocycles. The molecule has 0 spiro atoms. The summed E-state index contributed by atoms with van der Waals surface area (Å²) in [6.07, 6.45) is 4.00. The molecule has 0 amide bonds. The van der Waals surface area contributed by atoms with Gasteiger partial charge in [-0.15, -0.1) is 0 Å². The lowest BCUT2D eigenvalue weighted by atomic mass is 10.2. The Hall–Kier alpha value is -2.61. The summed E-state index contributed by atoms with van der Waals surface area (Å²) in [6, 6.07) is 2.45. The molecule has 0 aliphatic rings. The fraction of sp³-hybridized carbons (Fsp3) is 0.143. The van der Waals surface area contributed by atoms with Crippen LogP contribution in [0.3, 0.4) is 0 Å². The second kappa shape index (κ2) is 7.59. The van der Waals surface area contributed by atoms with Gasteiger partial charge in [-0.1, -0.05) is 11.6 Å². The van der Waals surface area contributed by atoms with E-state index < -0.39 is 11.6 Å². The van der Waals surface area contributed by atoms with Gasteiger partial charge in [-0.25, -0.2) is 24.3 Å². The van der Waals surface area contributed by atoms with E-state index in [9.17, 15) is 8.78 Å². The van der Waals surface area contributed by atoms with Crippen LogP contribution < -0.4 is 10.1 Å². The Labute approximate surface area is 135 Å². The Balaban J connectivity index is 2.03. The van der Waals surface area contributed by atoms with Gasteiger partial charge in [0.1, 0.15) is 18.1 Å². The second-order valence-electron chi connectivity index (χ2n) is 4.40. The first-order valence-electron chi connectivity index (χ1n) is 6.39. The van der Waals surface area contributed by atoms with Crippen molar-refractivity contribution in [1.82, 2.24) is 9.97 Å². The molecular weight excluding hydrogens is 328 g/mol. The van der Waals surface area contributed by atoms with Gasteiger partial charge in [0.25, 0.3) is 0 Å². The average Bonchev–Trinajstić information content (AvgIpc) is 2.56. The number of nitrogens with one attached hydrogen (secondary N) is 2. The quantitative estimate of drug-likeness (QED) is 0.777. The Morgan fingerprint density at radius 1 is 1.39 bits per heavy atom. The zero-order chi connectivity index (χ0) is 16.8. The third kappa shape index (κ3) is 4.43. The summed E-state index contributed by atoms with van der Waals surface area (Å²) in [4.78, 5) is 7.64. The molecule has 0 aliphatic carbocycles. The molecule has 0 radical (unpaired) electrons. The third-order valence-corrected chi connectivity index (χ3v) is 3.00. The number of rotatable bonds is 6. The molecule has 1 aromatic heterocycles. The molecule has 0 saturated carbocycles. The van der Waals surface area contributed by atoms with Gasteiger partial charge in [0, 0.05) is 11.8 Å². The summed E-state index contributed by atoms with van der Waals surface area (Å²) in [7, 11) is 0. The molecule has 120 valence electrons. The van der Waals surface area contributed by atoms with Crippen molar-refractivity contribution in [3.8, 4) is 6.01 Å². The van der Waals surface area contributed by atoms with Gasteiger partial charge in [0.05, 0.1) is 23.1 Å². The van der Waals surface area contributed by atoms with Gasteiger partial charge < -0.3 is 10.1 Å². The maximum absolute atomic E-state index is 13.8. The number of nitrogens with zero attached hydrogens (tertiary/aromatic N) is 3. The van der Waals surface area contributed by atoms with Gasteiger partial charge in [0.2, 0.25) is 0 Å². The average molecular weight is 340 g/mol. The molecule has 2 rings (SSSR count). The first kappa shape index (κ1) is 16.8. The molecule has 0 bridgehead atoms. The van der Waals surface area contributed by atoms with E-state index in [1.165, 1.54) is 31.6 Å². The van der Waals surface area contributed by atoms with Crippen molar-refractivity contribution < 1.29 is 13.5 Å². The maximum atomic E-state index is 13.8. The maximum Gasteiger partial charge on any atom is 0.316 e. The molecule has 0 fully saturated rings. The molecule has 2 aromatic rings. The van der Waals surface area contributed by atoms with E-state index in [4.69, 9.17) is 21.9 Å². The number of hydrogen-bond donors (Lipinski definition) is 2. The standard InChI is InChI=1S/C14H12ClF2N5O/c1-8-11(16)2-3-12(13(8)17)19-6-10(22-18)7-23-14-20-4-9(15)5-21-14/h2-6,18-19H,7H2,1H3/b10-6-,22-18?. The normalized spacial score (nSPS) is 11.2. The molecule has 0 atom stereocenters. The van der Waals surface area contributed by atoms with E-state index in [1.54, 1.807) is 0 Å². The fourth-order valence-electron chi connectivity index (χ4n) is 1.55. The lowest BCUT2D eigenvalue weighted by Crippen LogP contribution is -2.05. The minimum absolute atomic E-state index is 0.0627. The van der Waals surface area contributed by atoms with Crippen LogP contribution in [0.1, 0.15) is 5.56 Å². The largest absolute Gasteiger partial charge is 0.457 e. The lowest BCUT2D eigenvalue weighted by molar-refractivity contribution is 0.320. The molecule has 9 heteroatoms. The SMILES string of the molecule is Cc1c(F)ccc(N/C=C(/COc2ncc(Cl)cn2)N=N)c1F. The predicted octanol–water partition coefficient (Wildman–Crippen LogP) is 4.08. The Bertz CT molecular complexity index is 737. The van der Waals surface area contributed by atoms with Gasteiger partial charge in [-0.05, 0) is 19.1 Å². The van der Waals surface area contributed by atoms with Crippen molar-refractivity contribution in [3.05, 3.63) is 58.6 Å². The summed E-state index contributed by atoms with van der Waals surface area (Å²) in [6.45, 7) is 1.22. The minimum atomic E-state index is -0.715. The highest BCUT2D eigenvalue weighted by atomic mass is 35.5. The van der Waals surface area contributed by atoms with Crippen LogP contribution in [0.4, 0.5) is 14.5 Å². The minimum Gasteiger partial charge on any atom is -0.457 e. The van der Waals surface area contributed by atoms with E-state index in [0.717, 1.165) is 6.07 Å². The van der Waals surface area contributed by atoms with Gasteiger partial charge in [-0.2, -0.15) is 5.11 Å². The van der Waals surface area contributed by atoms with Crippen LogP contribution in [0.5, 0.6) is 6.01 Å². The van der Waals surface area contributed by atoms with Crippen molar-refractivity contribution in [2.24, 2.45) is 5.11 Å². The topological polar surface area (TPSA) is 83.2 Å². The molecule has 0 unspecified atom stereocenters. The number of benzene rings is 1. The van der Waals surface area contributed by atoms with Gasteiger partial charge in [-0.3, -0.25) is 0 Å². The predicted molar refractivity (Wildman–Crippen MR) is 80.5 cm³/mol. The van der Waals surface area contributed by atoms with E-state index >= 15 is 0 Å². The third-order valence-electron chi connectivity index (χ3n) is 2.80. The van der Waals surface area contributed by atoms with Gasteiger partial charge in [0.15, 0.2) is 5.82 Å². The molecule has 23 heavy (non-hydrogen) atoms. The van der Waals surface area contributed by atoms with Crippen LogP contribution in [0.25, 0.3) is 0 Å². The highest BCUT2D eigenvalue weighted by Crippen LogP contribution is 2.20. The Morgan fingerprint density at radius 3 is 2.74 bits per heavy atom. The van der Waals surface area contributed by atoms with Crippen LogP contribution in [0.15, 0.2) is 41.5 Å². The van der Waals surface area contributed by atoms with Crippen LogP contribution in [0, 0.1) is 24.1 Å². The summed E-state index contributed by atoms with van der Waals surface area (Å²) in [5.41, 5.74) is 7.20. The van der Waals surface area contributed by atoms with Crippen LogP contribution in [-0.4, -0.2) is 16.6 Å². The molecule has 0 aliphatic heterocycles. The number of halogens is 3. The summed E-state index contributed by atoms with van der Waals surface area (Å²) < 4.78 is 32.2. The second-order valence-corrected chi connectivity index (χ2v) is 4.83. The first-order chi connectivity index (χ1) is 11.0. The summed E-state index contributed by atoms with van der Waals surface area (Å²) in [5, 5.41) is 6.23. The summed E-state index contributed by atoms with van der Waals surface area (Å²) in [5.74, 6) is -1.35. The smallest absolute Gasteiger partial charge is 0.316 e. The van der Waals surface area contributed by atoms with E-state index in [2.05, 4.69) is 20.4 Å². The number of hydrogen-bond acceptors (Lipinski definition) is 6. The van der Waals surface area contributed by atoms with E-state index in [1.807, 2.05) is 0 Å². The van der Waals surface area contributed by atoms with Crippen molar-refractivity contribution in [2.75, 3.05) is 11.9 Å². The van der Waals surface area contributed by atoms with Crippen molar-refractivity contribution in [3.63, 3.8) is 0 Å². The number of aromatic nitrogens is 2. The van der Waals surface area contributed by atoms with E-state index in [-0.39, 0.29) is 29.6 Å². The monoisotopic (exact) mass is 339 g/mol. The number of anilines is 1. The molecule has 2 N–H and O–H groups in total. The highest BCUT2D eigenvalue weighted by molar-refractivity contribution is 6.30. The molecule has 1 heterocycles. The van der Waals surface area contributed by atoms with Crippen molar-refractivity contribution in [1.29, 1.82) is 5.53 Å². The first-order valence-corrected chi connectivity index (χ1v) is 6.77. The molecular formula is C14H12ClF2N5O. The zero-order valence-corrected chi connectivity index (χ0v) is 12.7. The van der Waals surface area contributed by atoms with Crippen LogP contribution >= 0.6 is 11.6 Å². The number of ether oxygens (including phenoxy) is 1. The zero-order valence-electron chi connectivity index (χ0n) is 12.0. The van der Waals surface area contributed by atoms with Crippen LogP contribution in [0.2, 0.25) is 5.02 Å². The Kier molecular flexibility index (Phi) is 5.53. The summed E-state index contributed by atoms with van der Waals surface area (Å²) >= 11 is 5.65. The van der Waals surface area contributed by atoms with Crippen LogP contribution in [-0.2, 0) is 0 Å².